The van der Waals surface area contributed by atoms with Gasteiger partial charge >= 0.3 is 0 Å². The molecule has 0 aliphatic carbocycles. The van der Waals surface area contributed by atoms with Gasteiger partial charge in [0.15, 0.2) is 5.76 Å². The molecule has 1 N–H and O–H groups in total. The first kappa shape index (κ1) is 17.4. The Bertz CT molecular complexity index is 1000. The van der Waals surface area contributed by atoms with Crippen molar-refractivity contribution in [1.29, 1.82) is 5.26 Å². The first-order chi connectivity index (χ1) is 13.1. The van der Waals surface area contributed by atoms with Crippen molar-refractivity contribution >= 4 is 11.4 Å². The fourth-order valence-electron chi connectivity index (χ4n) is 3.72. The van der Waals surface area contributed by atoms with Crippen LogP contribution in [0.15, 0.2) is 47.1 Å². The average molecular weight is 362 g/mol. The van der Waals surface area contributed by atoms with Gasteiger partial charge in [0.2, 0.25) is 0 Å². The predicted octanol–water partition coefficient (Wildman–Crippen LogP) is 3.11. The quantitative estimate of drug-likeness (QED) is 0.774. The monoisotopic (exact) mass is 362 g/mol. The highest BCUT2D eigenvalue weighted by molar-refractivity contribution is 5.91. The largest absolute Gasteiger partial charge is 0.456 e. The third-order valence-corrected chi connectivity index (χ3v) is 5.15. The van der Waals surface area contributed by atoms with Crippen molar-refractivity contribution in [2.45, 2.75) is 32.4 Å². The van der Waals surface area contributed by atoms with Gasteiger partial charge in [0.25, 0.3) is 5.91 Å². The van der Waals surface area contributed by atoms with Crippen LogP contribution in [0.3, 0.4) is 0 Å². The number of carbonyl (C=O) groups is 1. The lowest BCUT2D eigenvalue weighted by molar-refractivity contribution is 0.0880. The molecule has 4 rings (SSSR count). The Hall–Kier alpha value is -3.04. The third-order valence-electron chi connectivity index (χ3n) is 5.15. The molecule has 0 radical (unpaired) electrons. The van der Waals surface area contributed by atoms with Crippen molar-refractivity contribution < 1.29 is 9.21 Å². The maximum atomic E-state index is 12.2. The Morgan fingerprint density at radius 1 is 1.30 bits per heavy atom. The summed E-state index contributed by atoms with van der Waals surface area (Å²) in [5.41, 5.74) is 2.75. The van der Waals surface area contributed by atoms with Gasteiger partial charge in [-0.1, -0.05) is 6.07 Å². The van der Waals surface area contributed by atoms with Gasteiger partial charge in [0.1, 0.15) is 11.8 Å². The Labute approximate surface area is 158 Å². The van der Waals surface area contributed by atoms with Crippen LogP contribution in [-0.2, 0) is 6.54 Å². The molecular formula is C21H22N4O2. The van der Waals surface area contributed by atoms with E-state index in [9.17, 15) is 10.1 Å². The number of piperidine rings is 1. The van der Waals surface area contributed by atoms with Crippen LogP contribution < -0.4 is 5.32 Å². The van der Waals surface area contributed by atoms with E-state index < -0.39 is 0 Å². The molecule has 4 heterocycles. The van der Waals surface area contributed by atoms with E-state index in [1.807, 2.05) is 41.9 Å². The zero-order chi connectivity index (χ0) is 18.8. The normalized spacial score (nSPS) is 15.7. The molecule has 1 fully saturated rings. The van der Waals surface area contributed by atoms with Crippen LogP contribution in [0.25, 0.3) is 5.52 Å². The molecule has 138 valence electrons. The van der Waals surface area contributed by atoms with Crippen molar-refractivity contribution in [3.63, 3.8) is 0 Å². The Kier molecular flexibility index (Phi) is 4.69. The van der Waals surface area contributed by atoms with Crippen LogP contribution in [0.5, 0.6) is 0 Å². The minimum atomic E-state index is -0.146. The third kappa shape index (κ3) is 3.60. The summed E-state index contributed by atoms with van der Waals surface area (Å²) in [6.07, 6.45) is 5.79. The molecule has 6 heteroatoms. The van der Waals surface area contributed by atoms with Gasteiger partial charge in [-0.25, -0.2) is 0 Å². The molecule has 1 amide bonds. The zero-order valence-electron chi connectivity index (χ0n) is 15.3. The molecule has 0 unspecified atom stereocenters. The van der Waals surface area contributed by atoms with Gasteiger partial charge in [0, 0.05) is 43.6 Å². The SMILES string of the molecule is Cc1ccc(C(=O)NC2CCN(Cc3cn4ccccc4c3C#N)CC2)o1. The molecule has 0 bridgehead atoms. The second-order valence-electron chi connectivity index (χ2n) is 7.07. The van der Waals surface area contributed by atoms with E-state index in [1.54, 1.807) is 12.1 Å². The Morgan fingerprint density at radius 2 is 2.11 bits per heavy atom. The van der Waals surface area contributed by atoms with Crippen LogP contribution in [0.2, 0.25) is 0 Å². The number of furan rings is 1. The topological polar surface area (TPSA) is 73.7 Å². The van der Waals surface area contributed by atoms with Crippen LogP contribution in [0.1, 0.15) is 40.3 Å². The second-order valence-corrected chi connectivity index (χ2v) is 7.07. The van der Waals surface area contributed by atoms with E-state index in [-0.39, 0.29) is 11.9 Å². The van der Waals surface area contributed by atoms with Crippen LogP contribution in [0.4, 0.5) is 0 Å². The maximum absolute atomic E-state index is 12.2. The molecular weight excluding hydrogens is 340 g/mol. The molecule has 1 aliphatic rings. The molecule has 6 nitrogen and oxygen atoms in total. The number of nitrogens with zero attached hydrogens (tertiary/aromatic N) is 3. The predicted molar refractivity (Wildman–Crippen MR) is 101 cm³/mol. The first-order valence-electron chi connectivity index (χ1n) is 9.22. The summed E-state index contributed by atoms with van der Waals surface area (Å²) in [5.74, 6) is 0.962. The number of rotatable bonds is 4. The number of hydrogen-bond donors (Lipinski definition) is 1. The standard InChI is InChI=1S/C21H22N4O2/c1-15-5-6-20(27-15)21(26)23-17-7-10-24(11-8-17)13-16-14-25-9-3-2-4-19(25)18(16)12-22/h2-6,9,14,17H,7-8,10-11,13H2,1H3,(H,23,26). The minimum Gasteiger partial charge on any atom is -0.456 e. The minimum absolute atomic E-state index is 0.146. The number of amides is 1. The molecule has 1 saturated heterocycles. The maximum Gasteiger partial charge on any atom is 0.287 e. The van der Waals surface area contributed by atoms with Gasteiger partial charge in [-0.15, -0.1) is 0 Å². The van der Waals surface area contributed by atoms with E-state index in [0.717, 1.165) is 54.9 Å². The number of aryl methyl sites for hydroxylation is 1. The number of likely N-dealkylation sites (tertiary alicyclic amines) is 1. The van der Waals surface area contributed by atoms with Crippen LogP contribution >= 0.6 is 0 Å². The van der Waals surface area contributed by atoms with Crippen molar-refractivity contribution in [2.24, 2.45) is 0 Å². The summed E-state index contributed by atoms with van der Waals surface area (Å²) in [6.45, 7) is 4.36. The van der Waals surface area contributed by atoms with Crippen LogP contribution in [-0.4, -0.2) is 34.3 Å². The van der Waals surface area contributed by atoms with Crippen molar-refractivity contribution in [2.75, 3.05) is 13.1 Å². The zero-order valence-corrected chi connectivity index (χ0v) is 15.3. The number of carbonyl (C=O) groups excluding carboxylic acids is 1. The second kappa shape index (κ2) is 7.29. The molecule has 0 saturated carbocycles. The molecule has 3 aromatic heterocycles. The highest BCUT2D eigenvalue weighted by Gasteiger charge is 2.23. The number of hydrogen-bond acceptors (Lipinski definition) is 4. The lowest BCUT2D eigenvalue weighted by Gasteiger charge is -2.32. The Balaban J connectivity index is 1.36. The highest BCUT2D eigenvalue weighted by Crippen LogP contribution is 2.21. The Morgan fingerprint density at radius 3 is 2.81 bits per heavy atom. The highest BCUT2D eigenvalue weighted by atomic mass is 16.3. The van der Waals surface area contributed by atoms with Crippen LogP contribution in [0, 0.1) is 18.3 Å². The molecule has 0 aromatic carbocycles. The van der Waals surface area contributed by atoms with Gasteiger partial charge in [0.05, 0.1) is 11.1 Å². The number of nitriles is 1. The van der Waals surface area contributed by atoms with Gasteiger partial charge in [-0.2, -0.15) is 5.26 Å². The van der Waals surface area contributed by atoms with Crippen molar-refractivity contribution in [1.82, 2.24) is 14.6 Å². The lowest BCUT2D eigenvalue weighted by Crippen LogP contribution is -2.44. The van der Waals surface area contributed by atoms with E-state index in [0.29, 0.717) is 5.76 Å². The van der Waals surface area contributed by atoms with Gasteiger partial charge < -0.3 is 14.1 Å². The average Bonchev–Trinajstić information content (AvgIpc) is 3.26. The van der Waals surface area contributed by atoms with Crippen molar-refractivity contribution in [3.05, 3.63) is 65.4 Å². The van der Waals surface area contributed by atoms with Gasteiger partial charge in [-0.05, 0) is 44.0 Å². The van der Waals surface area contributed by atoms with E-state index in [1.165, 1.54) is 0 Å². The summed E-state index contributed by atoms with van der Waals surface area (Å²) in [6, 6.07) is 11.9. The van der Waals surface area contributed by atoms with E-state index in [2.05, 4.69) is 16.3 Å². The summed E-state index contributed by atoms with van der Waals surface area (Å²) in [5, 5.41) is 12.6. The molecule has 1 aliphatic heterocycles. The molecule has 0 atom stereocenters. The number of fused-ring (bicyclic) bond motifs is 1. The number of nitrogens with one attached hydrogen (secondary N) is 1. The first-order valence-corrected chi connectivity index (χ1v) is 9.22. The number of pyridine rings is 1. The summed E-state index contributed by atoms with van der Waals surface area (Å²) in [7, 11) is 0. The fraction of sp³-hybridized carbons (Fsp3) is 0.333. The summed E-state index contributed by atoms with van der Waals surface area (Å²) in [4.78, 5) is 14.6. The number of aromatic nitrogens is 1. The molecule has 27 heavy (non-hydrogen) atoms. The van der Waals surface area contributed by atoms with E-state index in [4.69, 9.17) is 4.42 Å². The smallest absolute Gasteiger partial charge is 0.287 e. The summed E-state index contributed by atoms with van der Waals surface area (Å²) < 4.78 is 7.39. The molecule has 3 aromatic rings. The fourth-order valence-corrected chi connectivity index (χ4v) is 3.72. The lowest BCUT2D eigenvalue weighted by atomic mass is 10.0. The van der Waals surface area contributed by atoms with Crippen molar-refractivity contribution in [3.8, 4) is 6.07 Å². The van der Waals surface area contributed by atoms with Gasteiger partial charge in [-0.3, -0.25) is 9.69 Å². The van der Waals surface area contributed by atoms with E-state index >= 15 is 0 Å². The summed E-state index contributed by atoms with van der Waals surface area (Å²) >= 11 is 0. The molecule has 0 spiro atoms.